The number of nitrogens with zero attached hydrogens (tertiary/aromatic N) is 1. The van der Waals surface area contributed by atoms with E-state index in [4.69, 9.17) is 25.1 Å². The Bertz CT molecular complexity index is 940. The van der Waals surface area contributed by atoms with Crippen LogP contribution in [0, 0.1) is 44.1 Å². The van der Waals surface area contributed by atoms with Gasteiger partial charge in [0, 0.05) is 12.0 Å². The molecule has 1 aromatic rings. The Labute approximate surface area is 207 Å². The van der Waals surface area contributed by atoms with Crippen LogP contribution in [0.25, 0.3) is 0 Å². The molecule has 0 aliphatic heterocycles. The molecule has 35 heavy (non-hydrogen) atoms. The van der Waals surface area contributed by atoms with Gasteiger partial charge in [0.05, 0.1) is 25.2 Å². The lowest BCUT2D eigenvalue weighted by Gasteiger charge is -2.64. The highest BCUT2D eigenvalue weighted by Gasteiger charge is 2.70. The number of furan rings is 1. The first-order valence-electron chi connectivity index (χ1n) is 13.2. The quantitative estimate of drug-likeness (QED) is 0.168. The summed E-state index contributed by atoms with van der Waals surface area (Å²) in [6, 6.07) is 2.02. The van der Waals surface area contributed by atoms with Gasteiger partial charge in [-0.25, -0.2) is 0 Å². The first-order valence-corrected chi connectivity index (χ1v) is 13.2. The largest absolute Gasteiger partial charge is 0.472 e. The molecule has 4 saturated carbocycles. The molecule has 0 spiro atoms. The van der Waals surface area contributed by atoms with Crippen LogP contribution in [0.3, 0.4) is 0 Å². The van der Waals surface area contributed by atoms with Crippen LogP contribution in [0.15, 0.2) is 23.0 Å². The van der Waals surface area contributed by atoms with Crippen molar-refractivity contribution in [3.8, 4) is 0 Å². The van der Waals surface area contributed by atoms with Crippen molar-refractivity contribution in [2.75, 3.05) is 13.2 Å². The third-order valence-corrected chi connectivity index (χ3v) is 10.7. The summed E-state index contributed by atoms with van der Waals surface area (Å²) in [4.78, 5) is 17.8. The summed E-state index contributed by atoms with van der Waals surface area (Å²) in [5, 5.41) is 21.5. The monoisotopic (exact) mass is 488 g/mol. The number of hydrogen-bond acceptors (Lipinski definition) is 6. The van der Waals surface area contributed by atoms with Crippen molar-refractivity contribution in [1.29, 1.82) is 5.41 Å². The summed E-state index contributed by atoms with van der Waals surface area (Å²) >= 11 is 0. The SMILES string of the molecule is C[C@]12CC[C@H](OCCNC(=N)N)C[C@H]1CC[C@@H]1[C@@H]2CC[C@]2(C)[C@@H](c3ccoc3)CC[C@]12O[N+](=O)[O-]. The Morgan fingerprint density at radius 3 is 2.77 bits per heavy atom. The van der Waals surface area contributed by atoms with Gasteiger partial charge in [-0.05, 0) is 98.5 Å². The Morgan fingerprint density at radius 1 is 1.23 bits per heavy atom. The van der Waals surface area contributed by atoms with Crippen LogP contribution in [-0.2, 0) is 9.57 Å². The van der Waals surface area contributed by atoms with E-state index in [-0.39, 0.29) is 34.7 Å². The standard InChI is InChI=1S/C26H40N4O5/c1-24-9-5-19(34-14-12-29-23(27)28)15-18(24)3-4-22-21(24)6-10-25(2)20(17-8-13-33-16-17)7-11-26(22,25)35-30(31)32/h8,13,16,18-22H,3-7,9-12,14-15H2,1-2H3,(H4,27,28,29)/t18-,19+,20-,21+,22-,24+,25-,26+/m1/s1. The molecule has 8 atom stereocenters. The van der Waals surface area contributed by atoms with E-state index in [2.05, 4.69) is 19.2 Å². The molecule has 0 bridgehead atoms. The summed E-state index contributed by atoms with van der Waals surface area (Å²) in [7, 11) is 0. The van der Waals surface area contributed by atoms with E-state index in [1.54, 1.807) is 6.26 Å². The van der Waals surface area contributed by atoms with Crippen molar-refractivity contribution in [3.05, 3.63) is 34.3 Å². The van der Waals surface area contributed by atoms with Crippen LogP contribution in [-0.4, -0.2) is 35.9 Å². The van der Waals surface area contributed by atoms with E-state index in [0.717, 1.165) is 63.4 Å². The second kappa shape index (κ2) is 8.98. The average molecular weight is 489 g/mol. The normalized spacial score (nSPS) is 42.4. The number of hydrogen-bond donors (Lipinski definition) is 3. The van der Waals surface area contributed by atoms with Crippen molar-refractivity contribution < 1.29 is 19.1 Å². The van der Waals surface area contributed by atoms with Gasteiger partial charge in [0.25, 0.3) is 5.09 Å². The molecule has 9 heteroatoms. The molecule has 0 radical (unpaired) electrons. The molecule has 4 aliphatic rings. The van der Waals surface area contributed by atoms with Crippen LogP contribution >= 0.6 is 0 Å². The summed E-state index contributed by atoms with van der Waals surface area (Å²) < 4.78 is 11.5. The van der Waals surface area contributed by atoms with Gasteiger partial charge in [0.2, 0.25) is 0 Å². The second-order valence-corrected chi connectivity index (χ2v) is 11.9. The first-order chi connectivity index (χ1) is 16.7. The fourth-order valence-corrected chi connectivity index (χ4v) is 9.08. The van der Waals surface area contributed by atoms with Gasteiger partial charge >= 0.3 is 0 Å². The van der Waals surface area contributed by atoms with Gasteiger partial charge in [-0.3, -0.25) is 5.41 Å². The van der Waals surface area contributed by atoms with Crippen molar-refractivity contribution in [2.45, 2.75) is 89.3 Å². The van der Waals surface area contributed by atoms with Crippen LogP contribution in [0.4, 0.5) is 0 Å². The second-order valence-electron chi connectivity index (χ2n) is 11.9. The van der Waals surface area contributed by atoms with E-state index in [1.807, 2.05) is 12.3 Å². The molecule has 4 aliphatic carbocycles. The van der Waals surface area contributed by atoms with Crippen molar-refractivity contribution >= 4 is 5.96 Å². The van der Waals surface area contributed by atoms with Crippen molar-refractivity contribution in [3.63, 3.8) is 0 Å². The third kappa shape index (κ3) is 3.90. The fraction of sp³-hybridized carbons (Fsp3) is 0.808. The maximum atomic E-state index is 11.9. The summed E-state index contributed by atoms with van der Waals surface area (Å²) in [5.74, 6) is 1.38. The molecular weight excluding hydrogens is 448 g/mol. The van der Waals surface area contributed by atoms with E-state index in [0.29, 0.717) is 25.0 Å². The molecule has 9 nitrogen and oxygen atoms in total. The predicted molar refractivity (Wildman–Crippen MR) is 130 cm³/mol. The highest BCUT2D eigenvalue weighted by atomic mass is 17.0. The molecule has 0 amide bonds. The summed E-state index contributed by atoms with van der Waals surface area (Å²) in [5.41, 5.74) is 5.65. The molecule has 5 rings (SSSR count). The molecule has 1 aromatic heterocycles. The zero-order valence-corrected chi connectivity index (χ0v) is 21.0. The minimum atomic E-state index is -0.735. The van der Waals surface area contributed by atoms with E-state index >= 15 is 0 Å². The molecule has 0 saturated heterocycles. The Balaban J connectivity index is 1.36. The predicted octanol–water partition coefficient (Wildman–Crippen LogP) is 4.61. The fourth-order valence-electron chi connectivity index (χ4n) is 9.08. The smallest absolute Gasteiger partial charge is 0.295 e. The molecule has 0 aromatic carbocycles. The Hall–Kier alpha value is -2.29. The number of nitrogens with two attached hydrogens (primary N) is 1. The third-order valence-electron chi connectivity index (χ3n) is 10.7. The Kier molecular flexibility index (Phi) is 6.26. The number of fused-ring (bicyclic) bond motifs is 5. The van der Waals surface area contributed by atoms with Gasteiger partial charge in [-0.1, -0.05) is 13.8 Å². The van der Waals surface area contributed by atoms with Crippen molar-refractivity contribution in [2.24, 2.45) is 34.3 Å². The van der Waals surface area contributed by atoms with Gasteiger partial charge in [-0.15, -0.1) is 10.1 Å². The van der Waals surface area contributed by atoms with Crippen molar-refractivity contribution in [1.82, 2.24) is 5.32 Å². The molecule has 0 unspecified atom stereocenters. The molecule has 4 fully saturated rings. The van der Waals surface area contributed by atoms with E-state index in [9.17, 15) is 10.1 Å². The Morgan fingerprint density at radius 2 is 2.06 bits per heavy atom. The minimum absolute atomic E-state index is 0.0276. The lowest BCUT2D eigenvalue weighted by molar-refractivity contribution is -0.790. The number of ether oxygens (including phenoxy) is 1. The lowest BCUT2D eigenvalue weighted by atomic mass is 9.43. The van der Waals surface area contributed by atoms with E-state index < -0.39 is 10.7 Å². The molecular formula is C26H40N4O5. The first kappa shape index (κ1) is 24.4. The van der Waals surface area contributed by atoms with Gasteiger partial charge in [-0.2, -0.15) is 0 Å². The maximum absolute atomic E-state index is 11.9. The van der Waals surface area contributed by atoms with Crippen LogP contribution in [0.2, 0.25) is 0 Å². The number of nitrogens with one attached hydrogen (secondary N) is 2. The highest BCUT2D eigenvalue weighted by molar-refractivity contribution is 5.74. The zero-order chi connectivity index (χ0) is 24.8. The molecule has 1 heterocycles. The summed E-state index contributed by atoms with van der Waals surface area (Å²) in [6.45, 7) is 5.78. The minimum Gasteiger partial charge on any atom is -0.472 e. The summed E-state index contributed by atoms with van der Waals surface area (Å²) in [6.07, 6.45) is 12.6. The highest BCUT2D eigenvalue weighted by Crippen LogP contribution is 2.71. The van der Waals surface area contributed by atoms with Crippen LogP contribution < -0.4 is 11.1 Å². The number of rotatable bonds is 7. The van der Waals surface area contributed by atoms with E-state index in [1.165, 1.54) is 0 Å². The van der Waals surface area contributed by atoms with Gasteiger partial charge in [0.15, 0.2) is 5.96 Å². The van der Waals surface area contributed by atoms with Gasteiger partial charge in [0.1, 0.15) is 5.60 Å². The molecule has 4 N–H and O–H groups in total. The van der Waals surface area contributed by atoms with Crippen LogP contribution in [0.5, 0.6) is 0 Å². The lowest BCUT2D eigenvalue weighted by Crippen LogP contribution is -2.63. The average Bonchev–Trinajstić information content (AvgIpc) is 3.42. The topological polar surface area (TPSA) is 137 Å². The zero-order valence-electron chi connectivity index (χ0n) is 21.0. The van der Waals surface area contributed by atoms with Gasteiger partial charge < -0.3 is 25.0 Å². The molecule has 194 valence electrons. The number of guanidine groups is 1. The maximum Gasteiger partial charge on any atom is 0.295 e. The van der Waals surface area contributed by atoms with Crippen LogP contribution in [0.1, 0.15) is 83.1 Å².